The van der Waals surface area contributed by atoms with Gasteiger partial charge in [-0.25, -0.2) is 0 Å². The van der Waals surface area contributed by atoms with Gasteiger partial charge in [0, 0.05) is 12.8 Å². The number of aliphatic hydroxyl groups is 3. The van der Waals surface area contributed by atoms with E-state index in [1.807, 2.05) is 43.4 Å². The van der Waals surface area contributed by atoms with E-state index in [0.717, 1.165) is 12.8 Å². The van der Waals surface area contributed by atoms with E-state index in [-0.39, 0.29) is 12.5 Å². The molecule has 6 heteroatoms. The van der Waals surface area contributed by atoms with Crippen LogP contribution in [0, 0.1) is 0 Å². The average Bonchev–Trinajstić information content (AvgIpc) is 3.04. The molecule has 5 atom stereocenters. The Labute approximate surface area is 167 Å². The third-order valence-electron chi connectivity index (χ3n) is 4.51. The number of aliphatic hydroxyl groups excluding tert-OH is 3. The van der Waals surface area contributed by atoms with Gasteiger partial charge >= 0.3 is 5.97 Å². The number of aliphatic carboxylic acids is 1. The van der Waals surface area contributed by atoms with Gasteiger partial charge in [0.1, 0.15) is 0 Å². The van der Waals surface area contributed by atoms with Crippen molar-refractivity contribution in [1.82, 2.24) is 0 Å². The molecule has 0 aromatic carbocycles. The number of carboxylic acids is 1. The van der Waals surface area contributed by atoms with Gasteiger partial charge < -0.3 is 25.2 Å². The lowest BCUT2D eigenvalue weighted by atomic mass is 10.1. The van der Waals surface area contributed by atoms with Gasteiger partial charge in [0.25, 0.3) is 0 Å². The van der Waals surface area contributed by atoms with Crippen LogP contribution in [0.5, 0.6) is 0 Å². The molecule has 1 saturated heterocycles. The largest absolute Gasteiger partial charge is 0.481 e. The molecule has 0 saturated carbocycles. The van der Waals surface area contributed by atoms with Crippen LogP contribution in [0.2, 0.25) is 0 Å². The van der Waals surface area contributed by atoms with Crippen molar-refractivity contribution in [3.8, 4) is 0 Å². The molecule has 1 rings (SSSR count). The Hall–Kier alpha value is -1.73. The van der Waals surface area contributed by atoms with E-state index in [2.05, 4.69) is 0 Å². The van der Waals surface area contributed by atoms with Gasteiger partial charge in [0.15, 0.2) is 0 Å². The molecule has 1 aliphatic rings. The van der Waals surface area contributed by atoms with Crippen molar-refractivity contribution in [2.75, 3.05) is 0 Å². The average molecular weight is 395 g/mol. The summed E-state index contributed by atoms with van der Waals surface area (Å²) in [7, 11) is 0. The molecule has 0 aromatic heterocycles. The number of ether oxygens (including phenoxy) is 1. The maximum absolute atomic E-state index is 10.3. The van der Waals surface area contributed by atoms with Gasteiger partial charge in [-0.05, 0) is 32.1 Å². The highest BCUT2D eigenvalue weighted by Gasteiger charge is 2.35. The van der Waals surface area contributed by atoms with Crippen molar-refractivity contribution in [2.45, 2.75) is 82.4 Å². The van der Waals surface area contributed by atoms with Gasteiger partial charge in [-0.15, -0.1) is 0 Å². The van der Waals surface area contributed by atoms with Crippen molar-refractivity contribution in [3.05, 3.63) is 48.6 Å². The minimum atomic E-state index is -0.837. The van der Waals surface area contributed by atoms with Gasteiger partial charge in [-0.3, -0.25) is 4.79 Å². The fraction of sp³-hybridized carbons (Fsp3) is 0.591. The first kappa shape index (κ1) is 24.3. The number of carboxylic acid groups (broad SMARTS) is 1. The number of hydrogen-bond donors (Lipinski definition) is 4. The Morgan fingerprint density at radius 3 is 2.32 bits per heavy atom. The van der Waals surface area contributed by atoms with Crippen molar-refractivity contribution >= 4 is 5.97 Å². The van der Waals surface area contributed by atoms with Crippen LogP contribution in [0.1, 0.15) is 51.9 Å². The van der Waals surface area contributed by atoms with Crippen molar-refractivity contribution in [3.63, 3.8) is 0 Å². The minimum absolute atomic E-state index is 0.158. The highest BCUT2D eigenvalue weighted by Crippen LogP contribution is 2.25. The van der Waals surface area contributed by atoms with Crippen LogP contribution in [-0.4, -0.2) is 56.9 Å². The molecule has 0 radical (unpaired) electrons. The zero-order valence-corrected chi connectivity index (χ0v) is 16.6. The summed E-state index contributed by atoms with van der Waals surface area (Å²) >= 11 is 0. The maximum Gasteiger partial charge on any atom is 0.303 e. The van der Waals surface area contributed by atoms with E-state index in [0.29, 0.717) is 25.7 Å². The monoisotopic (exact) mass is 394 g/mol. The molecular formula is C22H34O6. The smallest absolute Gasteiger partial charge is 0.303 e. The van der Waals surface area contributed by atoms with Crippen LogP contribution in [0.15, 0.2) is 48.6 Å². The molecule has 0 spiro atoms. The zero-order chi connectivity index (χ0) is 20.8. The molecule has 4 N–H and O–H groups in total. The molecular weight excluding hydrogens is 360 g/mol. The summed E-state index contributed by atoms with van der Waals surface area (Å²) in [6, 6.07) is 0. The molecule has 0 amide bonds. The molecule has 0 aromatic rings. The molecule has 0 unspecified atom stereocenters. The summed E-state index contributed by atoms with van der Waals surface area (Å²) in [5.41, 5.74) is 0. The first-order valence-electron chi connectivity index (χ1n) is 9.98. The second kappa shape index (κ2) is 14.3. The molecule has 6 nitrogen and oxygen atoms in total. The van der Waals surface area contributed by atoms with Crippen LogP contribution in [0.3, 0.4) is 0 Å². The Kier molecular flexibility index (Phi) is 12.4. The fourth-order valence-corrected chi connectivity index (χ4v) is 2.90. The van der Waals surface area contributed by atoms with Crippen LogP contribution >= 0.6 is 0 Å². The van der Waals surface area contributed by atoms with E-state index in [4.69, 9.17) is 9.84 Å². The van der Waals surface area contributed by atoms with Crippen LogP contribution < -0.4 is 0 Å². The Morgan fingerprint density at radius 1 is 1.07 bits per heavy atom. The third-order valence-corrected chi connectivity index (χ3v) is 4.51. The summed E-state index contributed by atoms with van der Waals surface area (Å²) in [5, 5.41) is 38.4. The topological polar surface area (TPSA) is 107 Å². The normalized spacial score (nSPS) is 25.5. The zero-order valence-electron chi connectivity index (χ0n) is 16.6. The van der Waals surface area contributed by atoms with E-state index in [1.165, 1.54) is 6.08 Å². The molecule has 28 heavy (non-hydrogen) atoms. The standard InChI is InChI=1S/C22H34O6/c1-2-20-19(25)16-21(28-20)18(24)15-14-17(23)12-10-8-6-4-3-5-7-9-11-13-22(26)27/h3-4,7-10,14-15,17-21,23-25H,2,5-6,11-13,16H2,1H3,(H,26,27)/b4-3-,9-7-,10-8-,15-14+/t17-,18-,19-,20-,21+/m0/s1. The molecule has 1 fully saturated rings. The Balaban J connectivity index is 2.16. The molecule has 0 aliphatic carbocycles. The summed E-state index contributed by atoms with van der Waals surface area (Å²) in [6.45, 7) is 1.93. The van der Waals surface area contributed by atoms with Crippen molar-refractivity contribution in [2.24, 2.45) is 0 Å². The van der Waals surface area contributed by atoms with Gasteiger partial charge in [0.2, 0.25) is 0 Å². The van der Waals surface area contributed by atoms with Gasteiger partial charge in [-0.1, -0.05) is 55.5 Å². The quantitative estimate of drug-likeness (QED) is 0.358. The van der Waals surface area contributed by atoms with Crippen molar-refractivity contribution < 1.29 is 30.0 Å². The van der Waals surface area contributed by atoms with Crippen LogP contribution in [-0.2, 0) is 9.53 Å². The van der Waals surface area contributed by atoms with E-state index in [1.54, 1.807) is 6.08 Å². The van der Waals surface area contributed by atoms with Gasteiger partial charge in [0.05, 0.1) is 30.5 Å². The lowest BCUT2D eigenvalue weighted by molar-refractivity contribution is -0.136. The molecule has 158 valence electrons. The summed E-state index contributed by atoms with van der Waals surface area (Å²) in [4.78, 5) is 10.3. The van der Waals surface area contributed by atoms with E-state index >= 15 is 0 Å². The number of allylic oxidation sites excluding steroid dienone is 5. The maximum atomic E-state index is 10.3. The first-order valence-corrected chi connectivity index (χ1v) is 9.98. The SMILES string of the molecule is CC[C@@H]1O[C@@H]([C@@H](O)/C=C/[C@@H](O)C/C=C\C/C=C\C/C=C\CCC(=O)O)C[C@@H]1O. The Bertz CT molecular complexity index is 551. The summed E-state index contributed by atoms with van der Waals surface area (Å²) < 4.78 is 5.61. The highest BCUT2D eigenvalue weighted by atomic mass is 16.5. The second-order valence-corrected chi connectivity index (χ2v) is 6.92. The minimum Gasteiger partial charge on any atom is -0.481 e. The van der Waals surface area contributed by atoms with Crippen LogP contribution in [0.25, 0.3) is 0 Å². The predicted molar refractivity (Wildman–Crippen MR) is 109 cm³/mol. The fourth-order valence-electron chi connectivity index (χ4n) is 2.90. The predicted octanol–water partition coefficient (Wildman–Crippen LogP) is 2.90. The molecule has 1 aliphatic heterocycles. The third kappa shape index (κ3) is 10.6. The lowest BCUT2D eigenvalue weighted by Gasteiger charge is -2.16. The number of carbonyl (C=O) groups is 1. The molecule has 0 bridgehead atoms. The highest BCUT2D eigenvalue weighted by molar-refractivity contribution is 5.66. The number of rotatable bonds is 13. The lowest BCUT2D eigenvalue weighted by Crippen LogP contribution is -2.24. The Morgan fingerprint density at radius 2 is 1.71 bits per heavy atom. The van der Waals surface area contributed by atoms with Gasteiger partial charge in [-0.2, -0.15) is 0 Å². The molecule has 1 heterocycles. The van der Waals surface area contributed by atoms with E-state index < -0.39 is 30.4 Å². The van der Waals surface area contributed by atoms with E-state index in [9.17, 15) is 20.1 Å². The summed E-state index contributed by atoms with van der Waals surface area (Å²) in [5.74, 6) is -0.785. The summed E-state index contributed by atoms with van der Waals surface area (Å²) in [6.07, 6.45) is 15.9. The number of hydrogen-bond acceptors (Lipinski definition) is 5. The first-order chi connectivity index (χ1) is 13.4. The van der Waals surface area contributed by atoms with Crippen LogP contribution in [0.4, 0.5) is 0 Å². The second-order valence-electron chi connectivity index (χ2n) is 6.92. The van der Waals surface area contributed by atoms with Crippen molar-refractivity contribution in [1.29, 1.82) is 0 Å².